The van der Waals surface area contributed by atoms with E-state index in [1.54, 1.807) is 42.6 Å². The first-order chi connectivity index (χ1) is 18.0. The number of nitrogens with zero attached hydrogens (tertiary/aromatic N) is 4. The number of aromatic nitrogens is 3. The monoisotopic (exact) mass is 530 g/mol. The van der Waals surface area contributed by atoms with Crippen LogP contribution in [0.15, 0.2) is 54.2 Å². The summed E-state index contributed by atoms with van der Waals surface area (Å²) >= 11 is 0. The molecular weight excluding hydrogens is 503 g/mol. The van der Waals surface area contributed by atoms with Gasteiger partial charge in [0.1, 0.15) is 21.7 Å². The standard InChI is InChI=1S/C29H27FN4O3S/c1-17-23-9-8-22-25(21-6-4-5-7-24(21)30)33-28(18-10-12-32-20(14-18)11-13-38(3,36)37)34-27(22)29(23,2)15-19(16-31)26(17)35/h4-7,10,12,14-15,17,23H,8-9,11,13H2,1-3H3/t17?,23?,29-/m1/s1. The maximum atomic E-state index is 15.1. The van der Waals surface area contributed by atoms with E-state index in [2.05, 4.69) is 11.1 Å². The molecule has 3 aromatic rings. The first kappa shape index (κ1) is 25.9. The van der Waals surface area contributed by atoms with Crippen LogP contribution < -0.4 is 0 Å². The average Bonchev–Trinajstić information content (AvgIpc) is 2.89. The lowest BCUT2D eigenvalue weighted by Gasteiger charge is -2.45. The number of hydrogen-bond donors (Lipinski definition) is 0. The Labute approximate surface area is 221 Å². The lowest BCUT2D eigenvalue weighted by atomic mass is 9.57. The Balaban J connectivity index is 1.74. The van der Waals surface area contributed by atoms with Crippen molar-refractivity contribution in [3.05, 3.63) is 77.0 Å². The highest BCUT2D eigenvalue weighted by Gasteiger charge is 2.49. The molecule has 2 unspecified atom stereocenters. The van der Waals surface area contributed by atoms with Crippen LogP contribution in [0.5, 0.6) is 0 Å². The molecule has 0 fully saturated rings. The van der Waals surface area contributed by atoms with Gasteiger partial charge in [-0.2, -0.15) is 5.26 Å². The summed E-state index contributed by atoms with van der Waals surface area (Å²) in [5.41, 5.74) is 2.91. The second kappa shape index (κ2) is 9.52. The average molecular weight is 531 g/mol. The number of benzene rings is 1. The van der Waals surface area contributed by atoms with Crippen molar-refractivity contribution in [1.29, 1.82) is 5.26 Å². The Bertz CT molecular complexity index is 1640. The zero-order valence-electron chi connectivity index (χ0n) is 21.4. The molecule has 0 spiro atoms. The van der Waals surface area contributed by atoms with Crippen molar-refractivity contribution in [2.45, 2.75) is 38.5 Å². The van der Waals surface area contributed by atoms with E-state index in [1.807, 2.05) is 13.8 Å². The summed E-state index contributed by atoms with van der Waals surface area (Å²) in [4.78, 5) is 27.0. The second-order valence-corrected chi connectivity index (χ2v) is 12.6. The highest BCUT2D eigenvalue weighted by Crippen LogP contribution is 2.51. The summed E-state index contributed by atoms with van der Waals surface area (Å²) in [6.45, 7) is 3.85. The maximum Gasteiger partial charge on any atom is 0.176 e. The van der Waals surface area contributed by atoms with Crippen molar-refractivity contribution in [3.8, 4) is 28.7 Å². The number of aryl methyl sites for hydroxylation is 1. The summed E-state index contributed by atoms with van der Waals surface area (Å²) in [6, 6.07) is 12.0. The van der Waals surface area contributed by atoms with Crippen LogP contribution in [0.1, 0.15) is 37.2 Å². The number of halogens is 1. The lowest BCUT2D eigenvalue weighted by Crippen LogP contribution is -2.46. The molecule has 0 aliphatic heterocycles. The van der Waals surface area contributed by atoms with Gasteiger partial charge in [-0.15, -0.1) is 0 Å². The van der Waals surface area contributed by atoms with Gasteiger partial charge in [0.05, 0.1) is 22.7 Å². The van der Waals surface area contributed by atoms with E-state index >= 15 is 4.39 Å². The van der Waals surface area contributed by atoms with Crippen LogP contribution in [-0.4, -0.2) is 41.2 Å². The number of fused-ring (bicyclic) bond motifs is 3. The fourth-order valence-electron chi connectivity index (χ4n) is 5.82. The van der Waals surface area contributed by atoms with E-state index in [-0.39, 0.29) is 35.4 Å². The number of Topliss-reactive ketones (excluding diaryl/α,β-unsaturated/α-hetero) is 1. The Morgan fingerprint density at radius 2 is 1.97 bits per heavy atom. The van der Waals surface area contributed by atoms with Crippen molar-refractivity contribution in [2.75, 3.05) is 12.0 Å². The van der Waals surface area contributed by atoms with Gasteiger partial charge in [0, 0.05) is 52.6 Å². The third kappa shape index (κ3) is 4.54. The number of nitriles is 1. The van der Waals surface area contributed by atoms with Crippen molar-refractivity contribution in [3.63, 3.8) is 0 Å². The molecule has 0 amide bonds. The molecule has 5 rings (SSSR count). The van der Waals surface area contributed by atoms with Crippen LogP contribution in [-0.2, 0) is 32.9 Å². The zero-order chi connectivity index (χ0) is 27.2. The Hall–Kier alpha value is -3.77. The van der Waals surface area contributed by atoms with Gasteiger partial charge >= 0.3 is 0 Å². The summed E-state index contributed by atoms with van der Waals surface area (Å²) in [5, 5.41) is 9.70. The Kier molecular flexibility index (Phi) is 6.48. The lowest BCUT2D eigenvalue weighted by molar-refractivity contribution is -0.121. The molecule has 194 valence electrons. The molecule has 2 heterocycles. The molecule has 9 heteroatoms. The minimum atomic E-state index is -3.17. The number of pyridine rings is 1. The summed E-state index contributed by atoms with van der Waals surface area (Å²) < 4.78 is 38.5. The van der Waals surface area contributed by atoms with E-state index in [0.717, 1.165) is 5.56 Å². The van der Waals surface area contributed by atoms with E-state index in [9.17, 15) is 18.5 Å². The van der Waals surface area contributed by atoms with Crippen molar-refractivity contribution in [2.24, 2.45) is 11.8 Å². The van der Waals surface area contributed by atoms with Crippen LogP contribution in [0.25, 0.3) is 22.6 Å². The van der Waals surface area contributed by atoms with Crippen molar-refractivity contribution >= 4 is 15.6 Å². The molecule has 7 nitrogen and oxygen atoms in total. The first-order valence-electron chi connectivity index (χ1n) is 12.5. The molecule has 0 saturated heterocycles. The van der Waals surface area contributed by atoms with Crippen LogP contribution in [0, 0.1) is 29.0 Å². The molecule has 3 atom stereocenters. The molecule has 0 bridgehead atoms. The van der Waals surface area contributed by atoms with E-state index in [0.29, 0.717) is 46.9 Å². The topological polar surface area (TPSA) is 114 Å². The maximum absolute atomic E-state index is 15.1. The predicted molar refractivity (Wildman–Crippen MR) is 141 cm³/mol. The molecule has 0 saturated carbocycles. The summed E-state index contributed by atoms with van der Waals surface area (Å²) in [6.07, 6.45) is 5.98. The third-order valence-electron chi connectivity index (χ3n) is 7.77. The van der Waals surface area contributed by atoms with E-state index < -0.39 is 21.1 Å². The highest BCUT2D eigenvalue weighted by molar-refractivity contribution is 7.90. The highest BCUT2D eigenvalue weighted by atomic mass is 32.2. The number of carbonyl (C=O) groups excluding carboxylic acids is 1. The summed E-state index contributed by atoms with van der Waals surface area (Å²) in [5.74, 6) is -0.682. The molecule has 1 aromatic carbocycles. The van der Waals surface area contributed by atoms with Gasteiger partial charge in [0.2, 0.25) is 0 Å². The minimum Gasteiger partial charge on any atom is -0.293 e. The van der Waals surface area contributed by atoms with Crippen LogP contribution >= 0.6 is 0 Å². The summed E-state index contributed by atoms with van der Waals surface area (Å²) in [7, 11) is -3.17. The smallest absolute Gasteiger partial charge is 0.176 e. The quantitative estimate of drug-likeness (QED) is 0.480. The molecule has 2 aromatic heterocycles. The zero-order valence-corrected chi connectivity index (χ0v) is 22.2. The van der Waals surface area contributed by atoms with Crippen molar-refractivity contribution in [1.82, 2.24) is 15.0 Å². The number of rotatable bonds is 5. The number of allylic oxidation sites excluding steroid dienone is 2. The van der Waals surface area contributed by atoms with Gasteiger partial charge in [-0.05, 0) is 43.0 Å². The predicted octanol–water partition coefficient (Wildman–Crippen LogP) is 4.42. The minimum absolute atomic E-state index is 0.0393. The van der Waals surface area contributed by atoms with E-state index in [4.69, 9.17) is 9.97 Å². The molecule has 2 aliphatic rings. The number of sulfone groups is 1. The normalized spacial score (nSPS) is 22.7. The third-order valence-corrected chi connectivity index (χ3v) is 8.72. The molecule has 0 N–H and O–H groups in total. The number of hydrogen-bond acceptors (Lipinski definition) is 7. The first-order valence-corrected chi connectivity index (χ1v) is 14.5. The largest absolute Gasteiger partial charge is 0.293 e. The van der Waals surface area contributed by atoms with Gasteiger partial charge in [0.25, 0.3) is 0 Å². The van der Waals surface area contributed by atoms with Gasteiger partial charge in [-0.25, -0.2) is 22.8 Å². The molecule has 0 radical (unpaired) electrons. The SMILES string of the molecule is CC1C(=O)C(C#N)=C[C@@]2(C)c3nc(-c4ccnc(CCS(C)(=O)=O)c4)nc(-c4ccccc4F)c3CCC12. The number of carbonyl (C=O) groups is 1. The Morgan fingerprint density at radius 3 is 2.68 bits per heavy atom. The van der Waals surface area contributed by atoms with Crippen LogP contribution in [0.3, 0.4) is 0 Å². The van der Waals surface area contributed by atoms with E-state index in [1.165, 1.54) is 12.3 Å². The van der Waals surface area contributed by atoms with Crippen LogP contribution in [0.4, 0.5) is 4.39 Å². The molecule has 38 heavy (non-hydrogen) atoms. The fraction of sp³-hybridized carbons (Fsp3) is 0.345. The van der Waals surface area contributed by atoms with Crippen LogP contribution in [0.2, 0.25) is 0 Å². The second-order valence-electron chi connectivity index (χ2n) is 10.4. The van der Waals surface area contributed by atoms with Gasteiger partial charge in [0.15, 0.2) is 11.6 Å². The Morgan fingerprint density at radius 1 is 1.21 bits per heavy atom. The molecular formula is C29H27FN4O3S. The van der Waals surface area contributed by atoms with Gasteiger partial charge in [-0.1, -0.05) is 32.1 Å². The number of ketones is 1. The van der Waals surface area contributed by atoms with Crippen molar-refractivity contribution < 1.29 is 17.6 Å². The van der Waals surface area contributed by atoms with Gasteiger partial charge < -0.3 is 0 Å². The molecule has 2 aliphatic carbocycles. The fourth-order valence-corrected chi connectivity index (χ4v) is 6.40. The van der Waals surface area contributed by atoms with Gasteiger partial charge in [-0.3, -0.25) is 9.78 Å².